The maximum Gasteiger partial charge on any atom is 0.247 e. The average Bonchev–Trinajstić information content (AvgIpc) is 3.23. The molecule has 6 heteroatoms. The molecular formula is C23H29N3O3. The summed E-state index contributed by atoms with van der Waals surface area (Å²) in [5.74, 6) is -0.176. The Kier molecular flexibility index (Phi) is 7.38. The van der Waals surface area contributed by atoms with Crippen LogP contribution in [-0.2, 0) is 16.0 Å². The molecule has 29 heavy (non-hydrogen) atoms. The lowest BCUT2D eigenvalue weighted by Gasteiger charge is -2.22. The summed E-state index contributed by atoms with van der Waals surface area (Å²) in [7, 11) is 0. The monoisotopic (exact) mass is 395 g/mol. The lowest BCUT2D eigenvalue weighted by molar-refractivity contribution is -0.134. The molecule has 0 bridgehead atoms. The molecule has 0 spiro atoms. The van der Waals surface area contributed by atoms with E-state index in [-0.39, 0.29) is 17.9 Å². The second-order valence-electron chi connectivity index (χ2n) is 7.44. The van der Waals surface area contributed by atoms with Gasteiger partial charge in [0.1, 0.15) is 6.04 Å². The number of rotatable bonds is 8. The van der Waals surface area contributed by atoms with Gasteiger partial charge in [-0.15, -0.1) is 0 Å². The second-order valence-corrected chi connectivity index (χ2v) is 7.44. The summed E-state index contributed by atoms with van der Waals surface area (Å²) in [6.07, 6.45) is 1.89. The molecule has 3 N–H and O–H groups in total. The lowest BCUT2D eigenvalue weighted by Crippen LogP contribution is -2.42. The van der Waals surface area contributed by atoms with Gasteiger partial charge in [0.15, 0.2) is 0 Å². The first-order valence-corrected chi connectivity index (χ1v) is 10.2. The number of anilines is 1. The fourth-order valence-corrected chi connectivity index (χ4v) is 3.66. The number of carbonyl (C=O) groups is 2. The van der Waals surface area contributed by atoms with Crippen LogP contribution in [0.15, 0.2) is 54.6 Å². The van der Waals surface area contributed by atoms with Crippen molar-refractivity contribution < 1.29 is 14.7 Å². The Hall–Kier alpha value is -2.70. The van der Waals surface area contributed by atoms with Crippen molar-refractivity contribution >= 4 is 17.5 Å². The van der Waals surface area contributed by atoms with Crippen LogP contribution in [0.5, 0.6) is 0 Å². The first kappa shape index (κ1) is 21.0. The minimum absolute atomic E-state index is 0.0529. The maximum atomic E-state index is 12.5. The number of benzene rings is 2. The summed E-state index contributed by atoms with van der Waals surface area (Å²) >= 11 is 0. The first-order valence-electron chi connectivity index (χ1n) is 10.2. The van der Waals surface area contributed by atoms with E-state index in [9.17, 15) is 14.7 Å². The fraction of sp³-hybridized carbons (Fsp3) is 0.391. The number of hydrogen-bond acceptors (Lipinski definition) is 4. The van der Waals surface area contributed by atoms with Gasteiger partial charge < -0.3 is 20.6 Å². The molecule has 2 amide bonds. The third-order valence-corrected chi connectivity index (χ3v) is 5.29. The van der Waals surface area contributed by atoms with Gasteiger partial charge >= 0.3 is 0 Å². The smallest absolute Gasteiger partial charge is 0.247 e. The van der Waals surface area contributed by atoms with Crippen LogP contribution in [0, 0.1) is 0 Å². The zero-order valence-corrected chi connectivity index (χ0v) is 16.8. The number of likely N-dealkylation sites (tertiary alicyclic amines) is 1. The van der Waals surface area contributed by atoms with E-state index in [1.165, 1.54) is 6.92 Å². The molecule has 0 radical (unpaired) electrons. The van der Waals surface area contributed by atoms with Crippen molar-refractivity contribution in [1.29, 1.82) is 0 Å². The topological polar surface area (TPSA) is 81.7 Å². The Balaban J connectivity index is 1.42. The molecular weight excluding hydrogens is 366 g/mol. The van der Waals surface area contributed by atoms with Crippen LogP contribution in [0.1, 0.15) is 37.0 Å². The molecule has 1 saturated heterocycles. The molecule has 0 aromatic heterocycles. The zero-order valence-electron chi connectivity index (χ0n) is 16.8. The van der Waals surface area contributed by atoms with Gasteiger partial charge in [-0.3, -0.25) is 9.59 Å². The quantitative estimate of drug-likeness (QED) is 0.600. The van der Waals surface area contributed by atoms with Gasteiger partial charge in [-0.05, 0) is 49.1 Å². The standard InChI is InChI=1S/C23H29N3O3/c1-17(27)26-15-5-8-21(26)23(29)25-20-11-9-18(10-12-20)13-14-24-16-22(28)19-6-3-2-4-7-19/h2-4,6-7,9-12,21-22,24,28H,5,8,13-16H2,1H3,(H,25,29)/t21-,22-/m0/s1. The fourth-order valence-electron chi connectivity index (χ4n) is 3.66. The minimum Gasteiger partial charge on any atom is -0.387 e. The van der Waals surface area contributed by atoms with E-state index in [0.717, 1.165) is 36.2 Å². The summed E-state index contributed by atoms with van der Waals surface area (Å²) in [5, 5.41) is 16.3. The molecule has 1 fully saturated rings. The van der Waals surface area contributed by atoms with Crippen molar-refractivity contribution in [2.24, 2.45) is 0 Å². The number of nitrogens with zero attached hydrogens (tertiary/aromatic N) is 1. The van der Waals surface area contributed by atoms with Crippen molar-refractivity contribution in [3.05, 3.63) is 65.7 Å². The predicted molar refractivity (Wildman–Crippen MR) is 113 cm³/mol. The summed E-state index contributed by atoms with van der Waals surface area (Å²) in [5.41, 5.74) is 2.79. The molecule has 6 nitrogen and oxygen atoms in total. The van der Waals surface area contributed by atoms with E-state index in [2.05, 4.69) is 10.6 Å². The van der Waals surface area contributed by atoms with E-state index in [1.54, 1.807) is 4.90 Å². The Labute approximate surface area is 171 Å². The summed E-state index contributed by atoms with van der Waals surface area (Å²) in [6, 6.07) is 17.0. The van der Waals surface area contributed by atoms with Gasteiger partial charge in [-0.2, -0.15) is 0 Å². The van der Waals surface area contributed by atoms with Crippen molar-refractivity contribution in [2.75, 3.05) is 25.0 Å². The van der Waals surface area contributed by atoms with E-state index in [0.29, 0.717) is 19.5 Å². The molecule has 154 valence electrons. The number of aliphatic hydroxyl groups excluding tert-OH is 1. The highest BCUT2D eigenvalue weighted by molar-refractivity contribution is 5.97. The maximum absolute atomic E-state index is 12.5. The lowest BCUT2D eigenvalue weighted by atomic mass is 10.1. The van der Waals surface area contributed by atoms with Crippen LogP contribution >= 0.6 is 0 Å². The van der Waals surface area contributed by atoms with Gasteiger partial charge in [-0.1, -0.05) is 42.5 Å². The Bertz CT molecular complexity index is 808. The van der Waals surface area contributed by atoms with Crippen LogP contribution in [-0.4, -0.2) is 47.5 Å². The minimum atomic E-state index is -0.515. The summed E-state index contributed by atoms with van der Waals surface area (Å²) < 4.78 is 0. The van der Waals surface area contributed by atoms with Crippen molar-refractivity contribution in [2.45, 2.75) is 38.3 Å². The zero-order chi connectivity index (χ0) is 20.6. The number of aliphatic hydroxyl groups is 1. The molecule has 0 saturated carbocycles. The molecule has 2 aromatic carbocycles. The molecule has 3 rings (SSSR count). The molecule has 1 aliphatic heterocycles. The summed E-state index contributed by atoms with van der Waals surface area (Å²) in [6.45, 7) is 3.42. The summed E-state index contributed by atoms with van der Waals surface area (Å²) in [4.78, 5) is 25.7. The second kappa shape index (κ2) is 10.2. The highest BCUT2D eigenvalue weighted by Crippen LogP contribution is 2.19. The molecule has 2 aromatic rings. The third kappa shape index (κ3) is 5.89. The SMILES string of the molecule is CC(=O)N1CCC[C@H]1C(=O)Nc1ccc(CCNC[C@H](O)c2ccccc2)cc1. The van der Waals surface area contributed by atoms with Crippen molar-refractivity contribution in [1.82, 2.24) is 10.2 Å². The van der Waals surface area contributed by atoms with Crippen LogP contribution in [0.25, 0.3) is 0 Å². The Morgan fingerprint density at radius 1 is 1.14 bits per heavy atom. The van der Waals surface area contributed by atoms with Gasteiger partial charge in [0.25, 0.3) is 0 Å². The largest absolute Gasteiger partial charge is 0.387 e. The van der Waals surface area contributed by atoms with Crippen LogP contribution < -0.4 is 10.6 Å². The van der Waals surface area contributed by atoms with E-state index in [4.69, 9.17) is 0 Å². The Morgan fingerprint density at radius 3 is 2.55 bits per heavy atom. The van der Waals surface area contributed by atoms with Gasteiger partial charge in [0.2, 0.25) is 11.8 Å². The molecule has 0 aliphatic carbocycles. The van der Waals surface area contributed by atoms with Crippen LogP contribution in [0.2, 0.25) is 0 Å². The molecule has 1 heterocycles. The number of amides is 2. The number of carbonyl (C=O) groups excluding carboxylic acids is 2. The van der Waals surface area contributed by atoms with E-state index >= 15 is 0 Å². The highest BCUT2D eigenvalue weighted by Gasteiger charge is 2.32. The van der Waals surface area contributed by atoms with Crippen LogP contribution in [0.3, 0.4) is 0 Å². The number of nitrogens with one attached hydrogen (secondary N) is 2. The van der Waals surface area contributed by atoms with Gasteiger partial charge in [0.05, 0.1) is 6.10 Å². The van der Waals surface area contributed by atoms with E-state index in [1.807, 2.05) is 54.6 Å². The number of hydrogen-bond donors (Lipinski definition) is 3. The molecule has 1 aliphatic rings. The normalized spacial score (nSPS) is 17.2. The average molecular weight is 396 g/mol. The van der Waals surface area contributed by atoms with E-state index < -0.39 is 6.10 Å². The predicted octanol–water partition coefficient (Wildman–Crippen LogP) is 2.50. The highest BCUT2D eigenvalue weighted by atomic mass is 16.3. The van der Waals surface area contributed by atoms with Gasteiger partial charge in [0, 0.05) is 25.7 Å². The molecule has 0 unspecified atom stereocenters. The van der Waals surface area contributed by atoms with Crippen molar-refractivity contribution in [3.8, 4) is 0 Å². The van der Waals surface area contributed by atoms with Crippen molar-refractivity contribution in [3.63, 3.8) is 0 Å². The molecule has 2 atom stereocenters. The Morgan fingerprint density at radius 2 is 1.86 bits per heavy atom. The first-order chi connectivity index (χ1) is 14.0. The third-order valence-electron chi connectivity index (χ3n) is 5.29. The van der Waals surface area contributed by atoms with Crippen LogP contribution in [0.4, 0.5) is 5.69 Å². The van der Waals surface area contributed by atoms with Gasteiger partial charge in [-0.25, -0.2) is 0 Å².